The minimum Gasteiger partial charge on any atom is -0.441 e. The number of nitrogens with one attached hydrogen (secondary N) is 1. The van der Waals surface area contributed by atoms with Gasteiger partial charge in [0.25, 0.3) is 11.1 Å². The number of fused-ring (bicyclic) bond motifs is 3. The summed E-state index contributed by atoms with van der Waals surface area (Å²) < 4.78 is 35.6. The van der Waals surface area contributed by atoms with Crippen LogP contribution in [0.5, 0.6) is 0 Å². The Morgan fingerprint density at radius 2 is 1.78 bits per heavy atom. The molecule has 0 aliphatic carbocycles. The van der Waals surface area contributed by atoms with E-state index in [1.165, 1.54) is 12.1 Å². The molecule has 1 aromatic heterocycles. The molecule has 36 heavy (non-hydrogen) atoms. The number of aryl methyl sites for hydroxylation is 1. The minimum absolute atomic E-state index is 0.0374. The quantitative estimate of drug-likeness (QED) is 0.495. The number of rotatable bonds is 8. The van der Waals surface area contributed by atoms with E-state index in [1.54, 1.807) is 12.1 Å². The first-order valence-electron chi connectivity index (χ1n) is 12.1. The average molecular weight is 521 g/mol. The molecule has 1 fully saturated rings. The summed E-state index contributed by atoms with van der Waals surface area (Å²) in [7, 11) is -4.04. The van der Waals surface area contributed by atoms with Crippen molar-refractivity contribution in [2.75, 3.05) is 19.6 Å². The second-order valence-corrected chi connectivity index (χ2v) is 11.4. The van der Waals surface area contributed by atoms with Gasteiger partial charge in [0.2, 0.25) is 10.0 Å². The molecule has 1 amide bonds. The lowest BCUT2D eigenvalue weighted by Gasteiger charge is -2.42. The molecule has 0 unspecified atom stereocenters. The Labute approximate surface area is 209 Å². The Morgan fingerprint density at radius 1 is 1.08 bits per heavy atom. The number of hydrogen-bond acceptors (Lipinski definition) is 7. The molecule has 2 aromatic rings. The smallest absolute Gasteiger partial charge is 0.407 e. The Kier molecular flexibility index (Phi) is 7.39. The number of aliphatic hydroxyl groups is 1. The third kappa shape index (κ3) is 4.84. The number of carbonyl (C=O) groups excluding carboxylic acids is 1. The number of alkyl carbamates (subject to hydrolysis) is 1. The lowest BCUT2D eigenvalue weighted by Crippen LogP contribution is -2.62. The third-order valence-corrected chi connectivity index (χ3v) is 8.72. The molecule has 1 saturated heterocycles. The molecule has 2 aliphatic heterocycles. The van der Waals surface area contributed by atoms with Gasteiger partial charge in [-0.25, -0.2) is 22.6 Å². The van der Waals surface area contributed by atoms with Crippen LogP contribution in [0.15, 0.2) is 50.9 Å². The van der Waals surface area contributed by atoms with Gasteiger partial charge in [0.1, 0.15) is 11.6 Å². The van der Waals surface area contributed by atoms with Crippen molar-refractivity contribution in [3.63, 3.8) is 0 Å². The van der Waals surface area contributed by atoms with Crippen molar-refractivity contribution in [1.82, 2.24) is 19.0 Å². The number of β-amino-alcohol motifs (C(OH)–C–C–N with tert-alkyl or cyclic N) is 1. The van der Waals surface area contributed by atoms with Gasteiger partial charge in [0.15, 0.2) is 6.10 Å². The number of benzene rings is 1. The van der Waals surface area contributed by atoms with Crippen LogP contribution >= 0.6 is 0 Å². The van der Waals surface area contributed by atoms with Gasteiger partial charge >= 0.3 is 6.09 Å². The molecule has 3 heterocycles. The van der Waals surface area contributed by atoms with Crippen LogP contribution in [0.4, 0.5) is 4.79 Å². The standard InChI is InChI=1S/C24H32N4O7S/c1-3-4-5-6-13-25-23(31)35-20-15-27-21(29)11-12-22(30)28(27)19-14-26(16-24(19,20)32)36(33,34)18-9-7-17(2)8-10-18/h7-12,19-20,32H,3-6,13-16H2,1-2H3,(H,25,31)/t19-,20+,24-/m1/s1. The molecule has 4 rings (SSSR count). The molecule has 3 atom stereocenters. The highest BCUT2D eigenvalue weighted by atomic mass is 32.2. The fraction of sp³-hybridized carbons (Fsp3) is 0.542. The number of aromatic nitrogens is 2. The summed E-state index contributed by atoms with van der Waals surface area (Å²) >= 11 is 0. The van der Waals surface area contributed by atoms with E-state index in [4.69, 9.17) is 4.74 Å². The van der Waals surface area contributed by atoms with E-state index in [1.807, 2.05) is 6.92 Å². The van der Waals surface area contributed by atoms with E-state index in [9.17, 15) is 27.9 Å². The maximum Gasteiger partial charge on any atom is 0.407 e. The summed E-state index contributed by atoms with van der Waals surface area (Å²) in [4.78, 5) is 37.9. The Bertz CT molecular complexity index is 1340. The van der Waals surface area contributed by atoms with E-state index in [-0.39, 0.29) is 18.0 Å². The second-order valence-electron chi connectivity index (χ2n) is 9.44. The van der Waals surface area contributed by atoms with Crippen LogP contribution in [0.25, 0.3) is 0 Å². The predicted octanol–water partition coefficient (Wildman–Crippen LogP) is 0.984. The number of hydrogen-bond donors (Lipinski definition) is 2. The number of nitrogens with zero attached hydrogens (tertiary/aromatic N) is 3. The van der Waals surface area contributed by atoms with Gasteiger partial charge in [0, 0.05) is 31.8 Å². The van der Waals surface area contributed by atoms with Crippen LogP contribution in [0, 0.1) is 6.92 Å². The lowest BCUT2D eigenvalue weighted by molar-refractivity contribution is -0.123. The van der Waals surface area contributed by atoms with Crippen molar-refractivity contribution in [2.24, 2.45) is 0 Å². The topological polar surface area (TPSA) is 140 Å². The van der Waals surface area contributed by atoms with E-state index in [0.717, 1.165) is 57.0 Å². The summed E-state index contributed by atoms with van der Waals surface area (Å²) in [6.45, 7) is 3.34. The van der Waals surface area contributed by atoms with E-state index >= 15 is 0 Å². The van der Waals surface area contributed by atoms with Crippen molar-refractivity contribution in [2.45, 2.75) is 68.7 Å². The average Bonchev–Trinajstić information content (AvgIpc) is 3.21. The number of unbranched alkanes of at least 4 members (excludes halogenated alkanes) is 3. The Morgan fingerprint density at radius 3 is 2.47 bits per heavy atom. The zero-order valence-corrected chi connectivity index (χ0v) is 21.2. The predicted molar refractivity (Wildman–Crippen MR) is 131 cm³/mol. The van der Waals surface area contributed by atoms with Gasteiger partial charge in [-0.1, -0.05) is 43.9 Å². The SMILES string of the molecule is CCCCCCNC(=O)O[C@H]1Cn2c(=O)ccc(=O)n2[C@@H]2CN(S(=O)(=O)c3ccc(C)cc3)C[C@]12O. The number of sulfonamides is 1. The fourth-order valence-electron chi connectivity index (χ4n) is 4.85. The first-order valence-corrected chi connectivity index (χ1v) is 13.6. The molecule has 12 heteroatoms. The minimum atomic E-state index is -4.04. The summed E-state index contributed by atoms with van der Waals surface area (Å²) in [6, 6.07) is 7.34. The third-order valence-electron chi connectivity index (χ3n) is 6.89. The summed E-state index contributed by atoms with van der Waals surface area (Å²) in [5.41, 5.74) is -2.12. The van der Waals surface area contributed by atoms with Gasteiger partial charge in [-0.05, 0) is 25.5 Å². The molecule has 0 saturated carbocycles. The van der Waals surface area contributed by atoms with Crippen molar-refractivity contribution in [1.29, 1.82) is 0 Å². The highest BCUT2D eigenvalue weighted by Crippen LogP contribution is 2.40. The molecule has 2 N–H and O–H groups in total. The van der Waals surface area contributed by atoms with Gasteiger partial charge in [0.05, 0.1) is 11.4 Å². The van der Waals surface area contributed by atoms with Gasteiger partial charge in [-0.15, -0.1) is 0 Å². The lowest BCUT2D eigenvalue weighted by atomic mass is 9.89. The summed E-state index contributed by atoms with van der Waals surface area (Å²) in [6.07, 6.45) is 1.78. The number of ether oxygens (including phenoxy) is 1. The zero-order chi connectivity index (χ0) is 26.1. The first-order chi connectivity index (χ1) is 17.1. The Balaban J connectivity index is 1.64. The first kappa shape index (κ1) is 26.1. The summed E-state index contributed by atoms with van der Waals surface area (Å²) in [5.74, 6) is 0. The summed E-state index contributed by atoms with van der Waals surface area (Å²) in [5, 5.41) is 14.4. The molecule has 0 bridgehead atoms. The van der Waals surface area contributed by atoms with Crippen LogP contribution in [0.1, 0.15) is 44.2 Å². The highest BCUT2D eigenvalue weighted by Gasteiger charge is 2.59. The monoisotopic (exact) mass is 520 g/mol. The van der Waals surface area contributed by atoms with Crippen LogP contribution in [-0.4, -0.2) is 64.6 Å². The molecule has 2 aliphatic rings. The molecule has 1 aromatic carbocycles. The van der Waals surface area contributed by atoms with E-state index < -0.39 is 51.5 Å². The molecular weight excluding hydrogens is 488 g/mol. The Hall–Kier alpha value is -2.96. The largest absolute Gasteiger partial charge is 0.441 e. The van der Waals surface area contributed by atoms with Crippen molar-refractivity contribution >= 4 is 16.1 Å². The van der Waals surface area contributed by atoms with Gasteiger partial charge < -0.3 is 15.2 Å². The molecule has 0 spiro atoms. The normalized spacial score (nSPS) is 23.6. The van der Waals surface area contributed by atoms with Crippen LogP contribution in [-0.2, 0) is 21.3 Å². The zero-order valence-electron chi connectivity index (χ0n) is 20.4. The van der Waals surface area contributed by atoms with Crippen molar-refractivity contribution in [3.8, 4) is 0 Å². The second kappa shape index (κ2) is 10.2. The van der Waals surface area contributed by atoms with Crippen molar-refractivity contribution in [3.05, 3.63) is 62.7 Å². The molecule has 0 radical (unpaired) electrons. The van der Waals surface area contributed by atoms with Crippen LogP contribution in [0.2, 0.25) is 0 Å². The highest BCUT2D eigenvalue weighted by molar-refractivity contribution is 7.89. The number of carbonyl (C=O) groups is 1. The van der Waals surface area contributed by atoms with Gasteiger partial charge in [-0.3, -0.25) is 9.59 Å². The fourth-order valence-corrected chi connectivity index (χ4v) is 6.34. The van der Waals surface area contributed by atoms with Crippen LogP contribution in [0.3, 0.4) is 0 Å². The molecule has 196 valence electrons. The number of amides is 1. The molecule has 11 nitrogen and oxygen atoms in total. The molecular formula is C24H32N4O7S. The van der Waals surface area contributed by atoms with Crippen molar-refractivity contribution < 1.29 is 23.1 Å². The van der Waals surface area contributed by atoms with E-state index in [2.05, 4.69) is 12.2 Å². The maximum absolute atomic E-state index is 13.4. The van der Waals surface area contributed by atoms with Crippen LogP contribution < -0.4 is 16.4 Å². The maximum atomic E-state index is 13.4. The van der Waals surface area contributed by atoms with E-state index in [0.29, 0.717) is 6.54 Å². The van der Waals surface area contributed by atoms with Gasteiger partial charge in [-0.2, -0.15) is 4.31 Å².